The standard InChI is InChI=1S/C15H19N5O/c21-15(13-3-8-17-11-13)18-14-5-10-20(19-14)9-4-12-1-6-16-7-2-12/h1-2,5-7,10,13,17H,3-4,8-9,11H2,(H,18,19,21). The van der Waals surface area contributed by atoms with Crippen LogP contribution in [0.25, 0.3) is 0 Å². The van der Waals surface area contributed by atoms with Crippen LogP contribution in [0.5, 0.6) is 0 Å². The number of amides is 1. The molecule has 0 spiro atoms. The lowest BCUT2D eigenvalue weighted by molar-refractivity contribution is -0.119. The van der Waals surface area contributed by atoms with E-state index < -0.39 is 0 Å². The zero-order valence-electron chi connectivity index (χ0n) is 11.8. The summed E-state index contributed by atoms with van der Waals surface area (Å²) in [6, 6.07) is 5.84. The van der Waals surface area contributed by atoms with E-state index in [-0.39, 0.29) is 11.8 Å². The van der Waals surface area contributed by atoms with Gasteiger partial charge in [0.15, 0.2) is 5.82 Å². The van der Waals surface area contributed by atoms with Gasteiger partial charge in [0, 0.05) is 37.7 Å². The molecule has 21 heavy (non-hydrogen) atoms. The average molecular weight is 285 g/mol. The van der Waals surface area contributed by atoms with Crippen molar-refractivity contribution >= 4 is 11.7 Å². The first-order valence-electron chi connectivity index (χ1n) is 7.25. The lowest BCUT2D eigenvalue weighted by Gasteiger charge is -2.07. The van der Waals surface area contributed by atoms with Crippen molar-refractivity contribution in [2.24, 2.45) is 5.92 Å². The summed E-state index contributed by atoms with van der Waals surface area (Å²) in [4.78, 5) is 16.0. The summed E-state index contributed by atoms with van der Waals surface area (Å²) in [6.45, 7) is 2.46. The zero-order valence-corrected chi connectivity index (χ0v) is 11.8. The predicted octanol–water partition coefficient (Wildman–Crippen LogP) is 1.07. The first kappa shape index (κ1) is 13.8. The highest BCUT2D eigenvalue weighted by atomic mass is 16.2. The van der Waals surface area contributed by atoms with E-state index in [9.17, 15) is 4.79 Å². The number of aryl methyl sites for hydroxylation is 2. The predicted molar refractivity (Wildman–Crippen MR) is 79.8 cm³/mol. The molecule has 3 heterocycles. The lowest BCUT2D eigenvalue weighted by atomic mass is 10.1. The molecule has 1 fully saturated rings. The fourth-order valence-corrected chi connectivity index (χ4v) is 2.45. The number of carbonyl (C=O) groups excluding carboxylic acids is 1. The largest absolute Gasteiger partial charge is 0.316 e. The summed E-state index contributed by atoms with van der Waals surface area (Å²) in [5.74, 6) is 0.744. The van der Waals surface area contributed by atoms with Crippen LogP contribution in [-0.4, -0.2) is 33.8 Å². The highest BCUT2D eigenvalue weighted by molar-refractivity contribution is 5.91. The Morgan fingerprint density at radius 1 is 1.38 bits per heavy atom. The molecule has 3 rings (SSSR count). The molecule has 6 nitrogen and oxygen atoms in total. The van der Waals surface area contributed by atoms with Crippen LogP contribution < -0.4 is 10.6 Å². The Kier molecular flexibility index (Phi) is 4.25. The van der Waals surface area contributed by atoms with Gasteiger partial charge in [-0.05, 0) is 37.1 Å². The van der Waals surface area contributed by atoms with E-state index in [1.54, 1.807) is 12.4 Å². The first-order valence-corrected chi connectivity index (χ1v) is 7.25. The van der Waals surface area contributed by atoms with Crippen molar-refractivity contribution in [1.29, 1.82) is 0 Å². The molecule has 1 amide bonds. The minimum Gasteiger partial charge on any atom is -0.316 e. The minimum absolute atomic E-state index is 0.0550. The second-order valence-corrected chi connectivity index (χ2v) is 5.25. The van der Waals surface area contributed by atoms with Crippen LogP contribution in [0.1, 0.15) is 12.0 Å². The van der Waals surface area contributed by atoms with E-state index in [1.165, 1.54) is 5.56 Å². The van der Waals surface area contributed by atoms with Crippen LogP contribution in [0, 0.1) is 5.92 Å². The quantitative estimate of drug-likeness (QED) is 0.862. The zero-order chi connectivity index (χ0) is 14.5. The molecule has 0 aromatic carbocycles. The van der Waals surface area contributed by atoms with E-state index >= 15 is 0 Å². The van der Waals surface area contributed by atoms with Gasteiger partial charge in [-0.1, -0.05) is 0 Å². The number of nitrogens with one attached hydrogen (secondary N) is 2. The molecule has 2 N–H and O–H groups in total. The number of nitrogens with zero attached hydrogens (tertiary/aromatic N) is 3. The van der Waals surface area contributed by atoms with Crippen LogP contribution in [0.15, 0.2) is 36.8 Å². The topological polar surface area (TPSA) is 71.8 Å². The lowest BCUT2D eigenvalue weighted by Crippen LogP contribution is -2.24. The van der Waals surface area contributed by atoms with Crippen molar-refractivity contribution in [2.45, 2.75) is 19.4 Å². The number of anilines is 1. The highest BCUT2D eigenvalue weighted by Crippen LogP contribution is 2.11. The van der Waals surface area contributed by atoms with Crippen molar-refractivity contribution in [3.05, 3.63) is 42.4 Å². The molecule has 1 atom stereocenters. The van der Waals surface area contributed by atoms with E-state index in [0.717, 1.165) is 32.5 Å². The molecule has 110 valence electrons. The summed E-state index contributed by atoms with van der Waals surface area (Å²) < 4.78 is 1.85. The minimum atomic E-state index is 0.0550. The molecule has 0 bridgehead atoms. The van der Waals surface area contributed by atoms with E-state index in [2.05, 4.69) is 20.7 Å². The van der Waals surface area contributed by atoms with Crippen molar-refractivity contribution < 1.29 is 4.79 Å². The molecule has 0 saturated carbocycles. The Labute approximate surface area is 123 Å². The molecular formula is C15H19N5O. The molecule has 2 aromatic rings. The maximum Gasteiger partial charge on any atom is 0.230 e. The van der Waals surface area contributed by atoms with Crippen molar-refractivity contribution in [3.8, 4) is 0 Å². The van der Waals surface area contributed by atoms with E-state index in [0.29, 0.717) is 5.82 Å². The molecule has 0 radical (unpaired) electrons. The van der Waals surface area contributed by atoms with Crippen LogP contribution in [0.3, 0.4) is 0 Å². The highest BCUT2D eigenvalue weighted by Gasteiger charge is 2.22. The Bertz CT molecular complexity index is 589. The number of pyridine rings is 1. The summed E-state index contributed by atoms with van der Waals surface area (Å²) in [5.41, 5.74) is 1.23. The Morgan fingerprint density at radius 2 is 2.24 bits per heavy atom. The summed E-state index contributed by atoms with van der Waals surface area (Å²) in [6.07, 6.45) is 7.27. The van der Waals surface area contributed by atoms with Crippen molar-refractivity contribution in [1.82, 2.24) is 20.1 Å². The van der Waals surface area contributed by atoms with E-state index in [4.69, 9.17) is 0 Å². The number of carbonyl (C=O) groups is 1. The third-order valence-corrected chi connectivity index (χ3v) is 3.70. The number of hydrogen-bond donors (Lipinski definition) is 2. The summed E-state index contributed by atoms with van der Waals surface area (Å²) in [5, 5.41) is 10.5. The fraction of sp³-hybridized carbons (Fsp3) is 0.400. The Balaban J connectivity index is 1.52. The van der Waals surface area contributed by atoms with Gasteiger partial charge in [0.1, 0.15) is 0 Å². The Hall–Kier alpha value is -2.21. The SMILES string of the molecule is O=C(Nc1ccn(CCc2ccncc2)n1)C1CCNC1. The third-order valence-electron chi connectivity index (χ3n) is 3.70. The van der Waals surface area contributed by atoms with Crippen LogP contribution in [0.2, 0.25) is 0 Å². The summed E-state index contributed by atoms with van der Waals surface area (Å²) >= 11 is 0. The van der Waals surface area contributed by atoms with Gasteiger partial charge in [0.05, 0.1) is 5.92 Å². The van der Waals surface area contributed by atoms with Crippen molar-refractivity contribution in [2.75, 3.05) is 18.4 Å². The third kappa shape index (κ3) is 3.66. The number of hydrogen-bond acceptors (Lipinski definition) is 4. The van der Waals surface area contributed by atoms with Gasteiger partial charge in [-0.3, -0.25) is 14.5 Å². The molecular weight excluding hydrogens is 266 g/mol. The van der Waals surface area contributed by atoms with Gasteiger partial charge in [-0.2, -0.15) is 5.10 Å². The molecule has 0 aliphatic carbocycles. The second kappa shape index (κ2) is 6.49. The Morgan fingerprint density at radius 3 is 3.00 bits per heavy atom. The van der Waals surface area contributed by atoms with Gasteiger partial charge >= 0.3 is 0 Å². The first-order chi connectivity index (χ1) is 10.3. The fourth-order valence-electron chi connectivity index (χ4n) is 2.45. The van der Waals surface area contributed by atoms with Crippen LogP contribution >= 0.6 is 0 Å². The molecule has 1 aliphatic heterocycles. The second-order valence-electron chi connectivity index (χ2n) is 5.25. The molecule has 1 aliphatic rings. The normalized spacial score (nSPS) is 17.8. The van der Waals surface area contributed by atoms with Gasteiger partial charge in [-0.15, -0.1) is 0 Å². The maximum atomic E-state index is 12.0. The van der Waals surface area contributed by atoms with Crippen molar-refractivity contribution in [3.63, 3.8) is 0 Å². The molecule has 1 unspecified atom stereocenters. The maximum absolute atomic E-state index is 12.0. The van der Waals surface area contributed by atoms with Crippen LogP contribution in [-0.2, 0) is 17.8 Å². The average Bonchev–Trinajstić information content (AvgIpc) is 3.18. The van der Waals surface area contributed by atoms with Gasteiger partial charge in [0.2, 0.25) is 5.91 Å². The molecule has 2 aromatic heterocycles. The van der Waals surface area contributed by atoms with E-state index in [1.807, 2.05) is 29.1 Å². The smallest absolute Gasteiger partial charge is 0.230 e. The monoisotopic (exact) mass is 285 g/mol. The number of aromatic nitrogens is 3. The van der Waals surface area contributed by atoms with Crippen LogP contribution in [0.4, 0.5) is 5.82 Å². The summed E-state index contributed by atoms with van der Waals surface area (Å²) in [7, 11) is 0. The van der Waals surface area contributed by atoms with Gasteiger partial charge < -0.3 is 10.6 Å². The molecule has 1 saturated heterocycles. The number of rotatable bonds is 5. The molecule has 6 heteroatoms. The van der Waals surface area contributed by atoms with Gasteiger partial charge in [-0.25, -0.2) is 0 Å². The van der Waals surface area contributed by atoms with Gasteiger partial charge in [0.25, 0.3) is 0 Å².